The molecule has 1 heterocycles. The highest BCUT2D eigenvalue weighted by atomic mass is 16.5. The first kappa shape index (κ1) is 38.6. The van der Waals surface area contributed by atoms with Crippen molar-refractivity contribution in [2.75, 3.05) is 13.7 Å². The van der Waals surface area contributed by atoms with Crippen LogP contribution in [0.2, 0.25) is 0 Å². The highest BCUT2D eigenvalue weighted by Crippen LogP contribution is 2.26. The first-order chi connectivity index (χ1) is 24.2. The molecule has 0 aliphatic carbocycles. The number of carboxylic acid groups (broad SMARTS) is 1. The number of hydrogen-bond acceptors (Lipinski definition) is 6. The second-order valence-corrected chi connectivity index (χ2v) is 14.2. The number of para-hydroxylation sites is 1. The van der Waals surface area contributed by atoms with Crippen molar-refractivity contribution in [2.45, 2.75) is 78.1 Å². The molecule has 4 atom stereocenters. The largest absolute Gasteiger partial charge is 0.483 e. The second kappa shape index (κ2) is 17.6. The minimum absolute atomic E-state index is 0.107. The molecule has 0 aliphatic rings. The van der Waals surface area contributed by atoms with Gasteiger partial charge in [0.1, 0.15) is 11.8 Å². The van der Waals surface area contributed by atoms with Gasteiger partial charge >= 0.3 is 6.09 Å². The molecule has 1 aromatic heterocycles. The van der Waals surface area contributed by atoms with E-state index in [2.05, 4.69) is 15.6 Å². The fourth-order valence-corrected chi connectivity index (χ4v) is 6.39. The Morgan fingerprint density at radius 2 is 1.45 bits per heavy atom. The molecule has 0 saturated carbocycles. The van der Waals surface area contributed by atoms with Gasteiger partial charge in [-0.2, -0.15) is 0 Å². The zero-order chi connectivity index (χ0) is 37.1. The summed E-state index contributed by atoms with van der Waals surface area (Å²) in [6, 6.07) is 26.5. The van der Waals surface area contributed by atoms with Crippen LogP contribution in [0.25, 0.3) is 11.3 Å². The van der Waals surface area contributed by atoms with Crippen molar-refractivity contribution in [1.29, 1.82) is 0 Å². The Morgan fingerprint density at radius 3 is 2.04 bits per heavy atom. The third-order valence-electron chi connectivity index (χ3n) is 8.89. The number of aromatic nitrogens is 1. The number of nitrogens with zero attached hydrogens (tertiary/aromatic N) is 2. The van der Waals surface area contributed by atoms with Crippen molar-refractivity contribution in [2.24, 2.45) is 5.41 Å². The standard InChI is InChI=1S/C41H50N4O6/c1-27-13-12-14-28(2)37(27)51-26-36(47)43-32(23-29-15-8-7-9-16-29)25-35(46)34(44-39(48)38(41(3,4)5)45(6)40(49)50)24-30-18-20-31(21-19-30)33-17-10-11-22-42-33/h7-22,32,34-35,38,46H,23-26H2,1-6H3,(H,43,47)(H,44,48)(H,49,50)/t32-,34-,35+,38+/m0/s1. The number of hydrogen-bond donors (Lipinski definition) is 4. The highest BCUT2D eigenvalue weighted by Gasteiger charge is 2.39. The van der Waals surface area contributed by atoms with Crippen LogP contribution >= 0.6 is 0 Å². The molecule has 0 bridgehead atoms. The molecule has 3 aromatic carbocycles. The zero-order valence-corrected chi connectivity index (χ0v) is 30.3. The van der Waals surface area contributed by atoms with Gasteiger partial charge in [0.05, 0.1) is 17.8 Å². The predicted molar refractivity (Wildman–Crippen MR) is 198 cm³/mol. The summed E-state index contributed by atoms with van der Waals surface area (Å²) in [5.74, 6) is -0.205. The normalized spacial score (nSPS) is 13.7. The summed E-state index contributed by atoms with van der Waals surface area (Å²) in [6.45, 7) is 9.03. The Morgan fingerprint density at radius 1 is 0.824 bits per heavy atom. The zero-order valence-electron chi connectivity index (χ0n) is 30.3. The lowest BCUT2D eigenvalue weighted by molar-refractivity contribution is -0.131. The number of ether oxygens (including phenoxy) is 1. The smallest absolute Gasteiger partial charge is 0.407 e. The van der Waals surface area contributed by atoms with Gasteiger partial charge in [-0.3, -0.25) is 19.5 Å². The number of likely N-dealkylation sites (N-methyl/N-ethyl adjacent to an activating group) is 1. The van der Waals surface area contributed by atoms with Crippen molar-refractivity contribution >= 4 is 17.9 Å². The van der Waals surface area contributed by atoms with Crippen LogP contribution in [0.3, 0.4) is 0 Å². The molecule has 4 aromatic rings. The van der Waals surface area contributed by atoms with E-state index < -0.39 is 41.6 Å². The van der Waals surface area contributed by atoms with Crippen molar-refractivity contribution in [1.82, 2.24) is 20.5 Å². The average molecular weight is 695 g/mol. The fourth-order valence-electron chi connectivity index (χ4n) is 6.39. The summed E-state index contributed by atoms with van der Waals surface area (Å²) >= 11 is 0. The van der Waals surface area contributed by atoms with Crippen LogP contribution in [0.1, 0.15) is 49.4 Å². The van der Waals surface area contributed by atoms with Crippen molar-refractivity contribution in [3.05, 3.63) is 119 Å². The van der Waals surface area contributed by atoms with Crippen molar-refractivity contribution in [3.63, 3.8) is 0 Å². The predicted octanol–water partition coefficient (Wildman–Crippen LogP) is 5.97. The third-order valence-corrected chi connectivity index (χ3v) is 8.89. The van der Waals surface area contributed by atoms with Gasteiger partial charge in [0.15, 0.2) is 6.61 Å². The molecule has 270 valence electrons. The summed E-state index contributed by atoms with van der Waals surface area (Å²) in [6.07, 6.45) is 0.167. The van der Waals surface area contributed by atoms with Crippen LogP contribution in [0.15, 0.2) is 97.2 Å². The quantitative estimate of drug-likeness (QED) is 0.120. The van der Waals surface area contributed by atoms with E-state index in [1.165, 1.54) is 7.05 Å². The summed E-state index contributed by atoms with van der Waals surface area (Å²) in [4.78, 5) is 44.6. The first-order valence-electron chi connectivity index (χ1n) is 17.2. The van der Waals surface area contributed by atoms with E-state index in [0.29, 0.717) is 12.2 Å². The summed E-state index contributed by atoms with van der Waals surface area (Å²) in [7, 11) is 1.37. The van der Waals surface area contributed by atoms with Gasteiger partial charge in [0.25, 0.3) is 5.91 Å². The summed E-state index contributed by atoms with van der Waals surface area (Å²) in [5, 5.41) is 27.7. The molecule has 51 heavy (non-hydrogen) atoms. The van der Waals surface area contributed by atoms with Crippen LogP contribution in [0, 0.1) is 19.3 Å². The molecule has 0 saturated heterocycles. The van der Waals surface area contributed by atoms with E-state index in [4.69, 9.17) is 4.74 Å². The molecule has 0 aliphatic heterocycles. The van der Waals surface area contributed by atoms with Gasteiger partial charge in [0.2, 0.25) is 5.91 Å². The molecule has 0 unspecified atom stereocenters. The number of amides is 3. The monoisotopic (exact) mass is 694 g/mol. The van der Waals surface area contributed by atoms with E-state index in [9.17, 15) is 24.6 Å². The van der Waals surface area contributed by atoms with Gasteiger partial charge in [-0.05, 0) is 72.9 Å². The summed E-state index contributed by atoms with van der Waals surface area (Å²) < 4.78 is 5.92. The molecular formula is C41H50N4O6. The van der Waals surface area contributed by atoms with Gasteiger partial charge in [0, 0.05) is 24.8 Å². The summed E-state index contributed by atoms with van der Waals surface area (Å²) in [5.41, 5.74) is 4.66. The number of aliphatic hydroxyl groups excluding tert-OH is 1. The minimum atomic E-state index is -1.24. The maximum atomic E-state index is 13.9. The van der Waals surface area contributed by atoms with E-state index in [1.54, 1.807) is 27.0 Å². The number of carbonyl (C=O) groups is 3. The molecular weight excluding hydrogens is 644 g/mol. The Balaban J connectivity index is 1.59. The second-order valence-electron chi connectivity index (χ2n) is 14.2. The molecule has 10 heteroatoms. The molecule has 0 fully saturated rings. The number of nitrogens with one attached hydrogen (secondary N) is 2. The molecule has 0 radical (unpaired) electrons. The van der Waals surface area contributed by atoms with E-state index in [1.807, 2.05) is 105 Å². The first-order valence-corrected chi connectivity index (χ1v) is 17.2. The lowest BCUT2D eigenvalue weighted by atomic mass is 9.84. The Kier molecular flexibility index (Phi) is 13.3. The lowest BCUT2D eigenvalue weighted by Gasteiger charge is -2.37. The van der Waals surface area contributed by atoms with Crippen molar-refractivity contribution in [3.8, 4) is 17.0 Å². The average Bonchev–Trinajstić information content (AvgIpc) is 3.08. The maximum Gasteiger partial charge on any atom is 0.407 e. The Labute approximate surface area is 300 Å². The van der Waals surface area contributed by atoms with Gasteiger partial charge in [-0.1, -0.05) is 99.6 Å². The van der Waals surface area contributed by atoms with Crippen molar-refractivity contribution < 1.29 is 29.3 Å². The number of benzene rings is 3. The van der Waals surface area contributed by atoms with E-state index in [0.717, 1.165) is 38.4 Å². The number of carbonyl (C=O) groups excluding carboxylic acids is 2. The molecule has 10 nitrogen and oxygen atoms in total. The van der Waals surface area contributed by atoms with Gasteiger partial charge in [-0.25, -0.2) is 4.79 Å². The fraction of sp³-hybridized carbons (Fsp3) is 0.366. The molecule has 4 N–H and O–H groups in total. The molecule has 0 spiro atoms. The van der Waals surface area contributed by atoms with Gasteiger partial charge in [-0.15, -0.1) is 0 Å². The topological polar surface area (TPSA) is 141 Å². The molecule has 4 rings (SSSR count). The highest BCUT2D eigenvalue weighted by molar-refractivity contribution is 5.86. The number of aryl methyl sites for hydroxylation is 2. The number of pyridine rings is 1. The van der Waals surface area contributed by atoms with Gasteiger partial charge < -0.3 is 25.6 Å². The van der Waals surface area contributed by atoms with Crippen LogP contribution < -0.4 is 15.4 Å². The number of aliphatic hydroxyl groups is 1. The van der Waals surface area contributed by atoms with Crippen LogP contribution in [-0.2, 0) is 22.4 Å². The third kappa shape index (κ3) is 11.1. The van der Waals surface area contributed by atoms with E-state index in [-0.39, 0.29) is 25.4 Å². The van der Waals surface area contributed by atoms with Crippen LogP contribution in [0.4, 0.5) is 4.79 Å². The lowest BCUT2D eigenvalue weighted by Crippen LogP contribution is -2.58. The van der Waals surface area contributed by atoms with E-state index >= 15 is 0 Å². The Hall–Kier alpha value is -5.22. The minimum Gasteiger partial charge on any atom is -0.483 e. The molecule has 3 amide bonds. The number of rotatable bonds is 15. The SMILES string of the molecule is Cc1cccc(C)c1OCC(=O)N[C@@H](Cc1ccccc1)C[C@@H](O)[C@H](Cc1ccc(-c2ccccn2)cc1)NC(=O)[C@@H](N(C)C(=O)O)C(C)(C)C. The van der Waals surface area contributed by atoms with Crippen LogP contribution in [-0.4, -0.2) is 75.9 Å². The van der Waals surface area contributed by atoms with Crippen LogP contribution in [0.5, 0.6) is 5.75 Å². The Bertz CT molecular complexity index is 1720. The maximum absolute atomic E-state index is 13.9.